The molecule has 2 bridgehead atoms. The quantitative estimate of drug-likeness (QED) is 0.518. The lowest BCUT2D eigenvalue weighted by Crippen LogP contribution is -2.44. The van der Waals surface area contributed by atoms with Crippen molar-refractivity contribution >= 4 is 0 Å². The summed E-state index contributed by atoms with van der Waals surface area (Å²) in [7, 11) is 0. The Balaban J connectivity index is 2.25. The number of fused-ring (bicyclic) bond motifs is 2. The lowest BCUT2D eigenvalue weighted by atomic mass is 9.84. The van der Waals surface area contributed by atoms with Crippen LogP contribution in [0.4, 0.5) is 0 Å². The van der Waals surface area contributed by atoms with E-state index in [-0.39, 0.29) is 0 Å². The average Bonchev–Trinajstić information content (AvgIpc) is 2.37. The van der Waals surface area contributed by atoms with Crippen molar-refractivity contribution in [2.24, 2.45) is 11.8 Å². The van der Waals surface area contributed by atoms with Crippen LogP contribution in [0, 0.1) is 11.8 Å². The van der Waals surface area contributed by atoms with Gasteiger partial charge in [-0.1, -0.05) is 0 Å². The van der Waals surface area contributed by atoms with Gasteiger partial charge < -0.3 is 10.2 Å². The van der Waals surface area contributed by atoms with Crippen molar-refractivity contribution in [1.29, 1.82) is 0 Å². The molecule has 0 aromatic carbocycles. The van der Waals surface area contributed by atoms with Crippen molar-refractivity contribution in [3.8, 4) is 0 Å². The van der Waals surface area contributed by atoms with Gasteiger partial charge in [0.2, 0.25) is 0 Å². The Labute approximate surface area is 60.9 Å². The monoisotopic (exact) mass is 142 g/mol. The lowest BCUT2D eigenvalue weighted by Gasteiger charge is -2.32. The van der Waals surface area contributed by atoms with E-state index >= 15 is 0 Å². The molecule has 10 heavy (non-hydrogen) atoms. The van der Waals surface area contributed by atoms with Gasteiger partial charge in [-0.2, -0.15) is 0 Å². The summed E-state index contributed by atoms with van der Waals surface area (Å²) in [5, 5.41) is 19.2. The Bertz CT molecular complexity index is 149. The molecule has 2 aliphatic carbocycles. The second kappa shape index (κ2) is 1.74. The molecule has 0 aromatic heterocycles. The minimum atomic E-state index is -0.775. The summed E-state index contributed by atoms with van der Waals surface area (Å²) in [4.78, 5) is 0. The highest BCUT2D eigenvalue weighted by Crippen LogP contribution is 2.50. The van der Waals surface area contributed by atoms with Crippen LogP contribution in [0.25, 0.3) is 0 Å². The summed E-state index contributed by atoms with van der Waals surface area (Å²) >= 11 is 0. The number of hydrogen-bond donors (Lipinski definition) is 2. The number of aliphatic hydroxyl groups is 2. The summed E-state index contributed by atoms with van der Waals surface area (Å²) in [6.45, 7) is 1.77. The molecular formula is C8H14O2. The minimum absolute atomic E-state index is 0.368. The van der Waals surface area contributed by atoms with Gasteiger partial charge in [-0.3, -0.25) is 0 Å². The maximum atomic E-state index is 9.70. The van der Waals surface area contributed by atoms with E-state index in [1.165, 1.54) is 0 Å². The predicted molar refractivity (Wildman–Crippen MR) is 37.5 cm³/mol. The van der Waals surface area contributed by atoms with Crippen molar-refractivity contribution in [2.75, 3.05) is 0 Å². The van der Waals surface area contributed by atoms with E-state index in [1.807, 2.05) is 0 Å². The second-order valence-corrected chi connectivity index (χ2v) is 3.94. The third-order valence-electron chi connectivity index (χ3n) is 3.35. The Kier molecular flexibility index (Phi) is 1.15. The molecule has 2 aliphatic rings. The summed E-state index contributed by atoms with van der Waals surface area (Å²) in [5.41, 5.74) is -0.775. The first-order chi connectivity index (χ1) is 4.62. The normalized spacial score (nSPS) is 59.7. The zero-order valence-corrected chi connectivity index (χ0v) is 6.25. The van der Waals surface area contributed by atoms with Gasteiger partial charge in [-0.25, -0.2) is 0 Å². The third kappa shape index (κ3) is 0.611. The van der Waals surface area contributed by atoms with Crippen molar-refractivity contribution in [3.63, 3.8) is 0 Å². The molecular weight excluding hydrogens is 128 g/mol. The summed E-state index contributed by atoms with van der Waals surface area (Å²) < 4.78 is 0. The zero-order valence-electron chi connectivity index (χ0n) is 6.25. The first-order valence-corrected chi connectivity index (χ1v) is 4.03. The number of aliphatic hydroxyl groups excluding tert-OH is 1. The van der Waals surface area contributed by atoms with Gasteiger partial charge in [-0.05, 0) is 38.0 Å². The highest BCUT2D eigenvalue weighted by Gasteiger charge is 2.53. The fourth-order valence-electron chi connectivity index (χ4n) is 2.55. The van der Waals surface area contributed by atoms with Crippen LogP contribution in [-0.4, -0.2) is 21.9 Å². The van der Waals surface area contributed by atoms with Crippen LogP contribution >= 0.6 is 0 Å². The van der Waals surface area contributed by atoms with E-state index in [9.17, 15) is 10.2 Å². The SMILES string of the molecule is C[C@]1(O)[C@H]2CC[C@H](C2)[C@H]1O. The van der Waals surface area contributed by atoms with Crippen LogP contribution in [0.1, 0.15) is 26.2 Å². The van der Waals surface area contributed by atoms with Crippen LogP contribution in [0.2, 0.25) is 0 Å². The number of hydrogen-bond acceptors (Lipinski definition) is 2. The maximum Gasteiger partial charge on any atom is 0.0908 e. The third-order valence-corrected chi connectivity index (χ3v) is 3.35. The van der Waals surface area contributed by atoms with Crippen LogP contribution in [0.5, 0.6) is 0 Å². The fraction of sp³-hybridized carbons (Fsp3) is 1.00. The molecule has 2 nitrogen and oxygen atoms in total. The van der Waals surface area contributed by atoms with Crippen molar-refractivity contribution in [1.82, 2.24) is 0 Å². The van der Waals surface area contributed by atoms with Gasteiger partial charge in [0.1, 0.15) is 0 Å². The van der Waals surface area contributed by atoms with E-state index < -0.39 is 11.7 Å². The largest absolute Gasteiger partial charge is 0.390 e. The van der Waals surface area contributed by atoms with Gasteiger partial charge >= 0.3 is 0 Å². The maximum absolute atomic E-state index is 9.70. The highest BCUT2D eigenvalue weighted by atomic mass is 16.3. The van der Waals surface area contributed by atoms with E-state index in [1.54, 1.807) is 6.92 Å². The molecule has 2 N–H and O–H groups in total. The smallest absolute Gasteiger partial charge is 0.0908 e. The van der Waals surface area contributed by atoms with Gasteiger partial charge in [0, 0.05) is 0 Å². The van der Waals surface area contributed by atoms with Crippen molar-refractivity contribution in [3.05, 3.63) is 0 Å². The van der Waals surface area contributed by atoms with Crippen LogP contribution in [0.15, 0.2) is 0 Å². The molecule has 0 saturated heterocycles. The van der Waals surface area contributed by atoms with Crippen LogP contribution < -0.4 is 0 Å². The molecule has 2 rings (SSSR count). The fourth-order valence-corrected chi connectivity index (χ4v) is 2.55. The molecule has 0 radical (unpaired) electrons. The summed E-state index contributed by atoms with van der Waals surface area (Å²) in [6.07, 6.45) is 2.80. The van der Waals surface area contributed by atoms with Gasteiger partial charge in [0.25, 0.3) is 0 Å². The van der Waals surface area contributed by atoms with Crippen LogP contribution in [-0.2, 0) is 0 Å². The standard InChI is InChI=1S/C8H14O2/c1-8(10)6-3-2-5(4-6)7(8)9/h5-7,9-10H,2-4H2,1H3/t5-,6+,7-,8+/m1/s1. The molecule has 2 fully saturated rings. The Morgan fingerprint density at radius 2 is 2.10 bits per heavy atom. The predicted octanol–water partition coefficient (Wildman–Crippen LogP) is 0.528. The molecule has 0 aromatic rings. The highest BCUT2D eigenvalue weighted by molar-refractivity contribution is 5.04. The Hall–Kier alpha value is -0.0800. The second-order valence-electron chi connectivity index (χ2n) is 3.94. The van der Waals surface area contributed by atoms with Gasteiger partial charge in [0.15, 0.2) is 0 Å². The summed E-state index contributed by atoms with van der Waals surface area (Å²) in [5.74, 6) is 0.757. The molecule has 2 saturated carbocycles. The van der Waals surface area contributed by atoms with E-state index in [0.29, 0.717) is 11.8 Å². The zero-order chi connectivity index (χ0) is 7.35. The molecule has 4 atom stereocenters. The summed E-state index contributed by atoms with van der Waals surface area (Å²) in [6, 6.07) is 0. The Morgan fingerprint density at radius 1 is 1.40 bits per heavy atom. The first-order valence-electron chi connectivity index (χ1n) is 4.03. The van der Waals surface area contributed by atoms with Gasteiger partial charge in [0.05, 0.1) is 11.7 Å². The molecule has 2 heteroatoms. The van der Waals surface area contributed by atoms with Gasteiger partial charge in [-0.15, -0.1) is 0 Å². The van der Waals surface area contributed by atoms with E-state index in [0.717, 1.165) is 19.3 Å². The molecule has 0 aliphatic heterocycles. The number of rotatable bonds is 0. The van der Waals surface area contributed by atoms with Crippen LogP contribution in [0.3, 0.4) is 0 Å². The minimum Gasteiger partial charge on any atom is -0.390 e. The van der Waals surface area contributed by atoms with E-state index in [4.69, 9.17) is 0 Å². The molecule has 0 unspecified atom stereocenters. The Morgan fingerprint density at radius 3 is 2.40 bits per heavy atom. The lowest BCUT2D eigenvalue weighted by molar-refractivity contribution is -0.0942. The van der Waals surface area contributed by atoms with Crippen molar-refractivity contribution < 1.29 is 10.2 Å². The molecule has 0 spiro atoms. The van der Waals surface area contributed by atoms with E-state index in [2.05, 4.69) is 0 Å². The average molecular weight is 142 g/mol. The topological polar surface area (TPSA) is 40.5 Å². The first kappa shape index (κ1) is 6.62. The van der Waals surface area contributed by atoms with Crippen molar-refractivity contribution in [2.45, 2.75) is 37.9 Å². The molecule has 58 valence electrons. The molecule has 0 heterocycles. The molecule has 0 amide bonds.